The van der Waals surface area contributed by atoms with Crippen LogP contribution in [0.2, 0.25) is 0 Å². The molecule has 0 spiro atoms. The van der Waals surface area contributed by atoms with Crippen molar-refractivity contribution in [1.82, 2.24) is 15.0 Å². The molecule has 0 radical (unpaired) electrons. The Morgan fingerprint density at radius 1 is 1.33 bits per heavy atom. The highest BCUT2D eigenvalue weighted by Crippen LogP contribution is 2.40. The van der Waals surface area contributed by atoms with Crippen LogP contribution in [0.5, 0.6) is 0 Å². The van der Waals surface area contributed by atoms with Gasteiger partial charge in [-0.2, -0.15) is 0 Å². The Hall–Kier alpha value is -3.07. The molecular formula is C21H22N4O4S. The molecule has 0 unspecified atom stereocenters. The van der Waals surface area contributed by atoms with Crippen molar-refractivity contribution in [3.8, 4) is 0 Å². The zero-order valence-electron chi connectivity index (χ0n) is 16.8. The normalized spacial score (nSPS) is 15.6. The molecule has 1 amide bonds. The highest BCUT2D eigenvalue weighted by atomic mass is 32.1. The van der Waals surface area contributed by atoms with Crippen molar-refractivity contribution in [1.29, 1.82) is 0 Å². The molecule has 0 bridgehead atoms. The van der Waals surface area contributed by atoms with E-state index in [2.05, 4.69) is 22.6 Å². The second kappa shape index (κ2) is 8.35. The predicted octanol–water partition coefficient (Wildman–Crippen LogP) is 2.79. The maximum atomic E-state index is 12.7. The number of thiophene rings is 1. The van der Waals surface area contributed by atoms with Crippen molar-refractivity contribution in [2.24, 2.45) is 5.92 Å². The number of amides is 1. The number of hydrogen-bond acceptors (Lipinski definition) is 7. The Kier molecular flexibility index (Phi) is 5.63. The lowest BCUT2D eigenvalue weighted by molar-refractivity contribution is -0.117. The van der Waals surface area contributed by atoms with E-state index < -0.39 is 11.9 Å². The molecule has 3 aromatic rings. The number of nitrogens with one attached hydrogen (secondary N) is 1. The fourth-order valence-electron chi connectivity index (χ4n) is 3.69. The monoisotopic (exact) mass is 426 g/mol. The molecule has 1 aliphatic rings. The predicted molar refractivity (Wildman–Crippen MR) is 114 cm³/mol. The largest absolute Gasteiger partial charge is 0.462 e. The third kappa shape index (κ3) is 3.85. The number of aromatic nitrogens is 3. The van der Waals surface area contributed by atoms with Gasteiger partial charge in [-0.1, -0.05) is 24.3 Å². The number of esters is 1. The van der Waals surface area contributed by atoms with Crippen LogP contribution < -0.4 is 10.9 Å². The summed E-state index contributed by atoms with van der Waals surface area (Å²) in [5.74, 6) is -0.345. The molecule has 1 aromatic carbocycles. The Morgan fingerprint density at radius 3 is 2.93 bits per heavy atom. The van der Waals surface area contributed by atoms with Crippen molar-refractivity contribution in [2.75, 3.05) is 11.9 Å². The number of carbonyl (C=O) groups is 2. The first-order valence-electron chi connectivity index (χ1n) is 9.92. The average molecular weight is 426 g/mol. The van der Waals surface area contributed by atoms with Crippen molar-refractivity contribution >= 4 is 39.1 Å². The summed E-state index contributed by atoms with van der Waals surface area (Å²) < 4.78 is 6.25. The molecule has 30 heavy (non-hydrogen) atoms. The van der Waals surface area contributed by atoms with Gasteiger partial charge in [-0.3, -0.25) is 9.59 Å². The molecule has 0 saturated carbocycles. The number of fused-ring (bicyclic) bond motifs is 2. The maximum absolute atomic E-state index is 12.7. The van der Waals surface area contributed by atoms with E-state index in [-0.39, 0.29) is 18.7 Å². The van der Waals surface area contributed by atoms with Gasteiger partial charge < -0.3 is 10.1 Å². The molecular weight excluding hydrogens is 404 g/mol. The van der Waals surface area contributed by atoms with E-state index in [1.807, 2.05) is 0 Å². The van der Waals surface area contributed by atoms with E-state index in [9.17, 15) is 14.4 Å². The third-order valence-corrected chi connectivity index (χ3v) is 6.34. The lowest BCUT2D eigenvalue weighted by atomic mass is 9.88. The van der Waals surface area contributed by atoms with Crippen LogP contribution in [0.1, 0.15) is 41.1 Å². The van der Waals surface area contributed by atoms with Gasteiger partial charge in [0.2, 0.25) is 5.91 Å². The number of anilines is 1. The first-order valence-corrected chi connectivity index (χ1v) is 10.7. The number of hydrogen-bond donors (Lipinski definition) is 1. The van der Waals surface area contributed by atoms with Crippen LogP contribution in [-0.2, 0) is 28.9 Å². The highest BCUT2D eigenvalue weighted by molar-refractivity contribution is 7.17. The van der Waals surface area contributed by atoms with Gasteiger partial charge in [-0.25, -0.2) is 9.48 Å². The van der Waals surface area contributed by atoms with Gasteiger partial charge in [0.15, 0.2) is 0 Å². The standard InChI is InChI=1S/C21H22N4O4S/c1-3-29-21(28)18-14-9-8-12(2)10-16(14)30-19(18)22-17(26)11-25-20(27)13-6-4-5-7-15(13)23-24-25/h4-7,12H,3,8-11H2,1-2H3,(H,22,26)/t12-/m1/s1. The Morgan fingerprint density at radius 2 is 2.13 bits per heavy atom. The fourth-order valence-corrected chi connectivity index (χ4v) is 5.10. The van der Waals surface area contributed by atoms with Crippen molar-refractivity contribution in [3.63, 3.8) is 0 Å². The third-order valence-electron chi connectivity index (χ3n) is 5.17. The Bertz CT molecular complexity index is 1180. The molecule has 9 heteroatoms. The molecule has 0 saturated heterocycles. The van der Waals surface area contributed by atoms with E-state index in [0.717, 1.165) is 34.4 Å². The van der Waals surface area contributed by atoms with E-state index in [1.165, 1.54) is 11.3 Å². The Balaban J connectivity index is 1.61. The number of carbonyl (C=O) groups excluding carboxylic acids is 2. The van der Waals surface area contributed by atoms with E-state index in [0.29, 0.717) is 27.4 Å². The zero-order valence-corrected chi connectivity index (χ0v) is 17.6. The summed E-state index contributed by atoms with van der Waals surface area (Å²) in [6.45, 7) is 3.89. The van der Waals surface area contributed by atoms with Crippen molar-refractivity contribution in [3.05, 3.63) is 50.6 Å². The van der Waals surface area contributed by atoms with Crippen LogP contribution in [0.4, 0.5) is 5.00 Å². The molecule has 0 fully saturated rings. The summed E-state index contributed by atoms with van der Waals surface area (Å²) in [5, 5.41) is 11.5. The SMILES string of the molecule is CCOC(=O)c1c(NC(=O)Cn2nnc3ccccc3c2=O)sc2c1CC[C@@H](C)C2. The van der Waals surface area contributed by atoms with Crippen LogP contribution in [0.3, 0.4) is 0 Å². The smallest absolute Gasteiger partial charge is 0.341 e. The van der Waals surface area contributed by atoms with Crippen LogP contribution in [0, 0.1) is 5.92 Å². The van der Waals surface area contributed by atoms with E-state index in [4.69, 9.17) is 4.74 Å². The molecule has 8 nitrogen and oxygen atoms in total. The number of rotatable bonds is 5. The first kappa shape index (κ1) is 20.2. The van der Waals surface area contributed by atoms with Crippen molar-refractivity contribution in [2.45, 2.75) is 39.7 Å². The quantitative estimate of drug-likeness (QED) is 0.629. The van der Waals surface area contributed by atoms with Gasteiger partial charge in [-0.05, 0) is 49.8 Å². The minimum absolute atomic E-state index is 0.259. The second-order valence-corrected chi connectivity index (χ2v) is 8.50. The molecule has 1 atom stereocenters. The van der Waals surface area contributed by atoms with Crippen LogP contribution in [-0.4, -0.2) is 33.5 Å². The first-order chi connectivity index (χ1) is 14.5. The lowest BCUT2D eigenvalue weighted by Gasteiger charge is -2.18. The average Bonchev–Trinajstić information content (AvgIpc) is 3.07. The molecule has 2 heterocycles. The van der Waals surface area contributed by atoms with Gasteiger partial charge in [0, 0.05) is 4.88 Å². The summed E-state index contributed by atoms with van der Waals surface area (Å²) in [6.07, 6.45) is 2.65. The summed E-state index contributed by atoms with van der Waals surface area (Å²) in [4.78, 5) is 39.0. The number of nitrogens with zero attached hydrogens (tertiary/aromatic N) is 3. The Labute approximate surface area is 176 Å². The summed E-state index contributed by atoms with van der Waals surface area (Å²) in [7, 11) is 0. The molecule has 156 valence electrons. The van der Waals surface area contributed by atoms with Gasteiger partial charge in [-0.15, -0.1) is 16.4 Å². The fraction of sp³-hybridized carbons (Fsp3) is 0.381. The summed E-state index contributed by atoms with van der Waals surface area (Å²) in [5.41, 5.74) is 1.49. The zero-order chi connectivity index (χ0) is 21.3. The molecule has 4 rings (SSSR count). The summed E-state index contributed by atoms with van der Waals surface area (Å²) >= 11 is 1.41. The maximum Gasteiger partial charge on any atom is 0.341 e. The molecule has 2 aromatic heterocycles. The molecule has 0 aliphatic heterocycles. The summed E-state index contributed by atoms with van der Waals surface area (Å²) in [6, 6.07) is 6.84. The highest BCUT2D eigenvalue weighted by Gasteiger charge is 2.29. The number of benzene rings is 1. The van der Waals surface area contributed by atoms with Gasteiger partial charge in [0.05, 0.1) is 17.6 Å². The minimum Gasteiger partial charge on any atom is -0.462 e. The van der Waals surface area contributed by atoms with E-state index >= 15 is 0 Å². The van der Waals surface area contributed by atoms with Gasteiger partial charge >= 0.3 is 5.97 Å². The number of ether oxygens (including phenoxy) is 1. The molecule has 1 aliphatic carbocycles. The lowest BCUT2D eigenvalue weighted by Crippen LogP contribution is -2.30. The van der Waals surface area contributed by atoms with Crippen LogP contribution in [0.15, 0.2) is 29.1 Å². The molecule has 1 N–H and O–H groups in total. The van der Waals surface area contributed by atoms with E-state index in [1.54, 1.807) is 31.2 Å². The van der Waals surface area contributed by atoms with Gasteiger partial charge in [0.25, 0.3) is 5.56 Å². The minimum atomic E-state index is -0.445. The second-order valence-electron chi connectivity index (χ2n) is 7.39. The van der Waals surface area contributed by atoms with Crippen LogP contribution >= 0.6 is 11.3 Å². The van der Waals surface area contributed by atoms with Crippen molar-refractivity contribution < 1.29 is 14.3 Å². The van der Waals surface area contributed by atoms with Gasteiger partial charge in [0.1, 0.15) is 17.1 Å². The van der Waals surface area contributed by atoms with Crippen LogP contribution in [0.25, 0.3) is 10.9 Å². The topological polar surface area (TPSA) is 103 Å².